The fraction of sp³-hybridized carbons (Fsp3) is 0.533. The maximum absolute atomic E-state index is 12.1. The van der Waals surface area contributed by atoms with Gasteiger partial charge in [0.25, 0.3) is 0 Å². The summed E-state index contributed by atoms with van der Waals surface area (Å²) in [5.74, 6) is 0.0895. The van der Waals surface area contributed by atoms with Gasteiger partial charge in [-0.05, 0) is 24.6 Å². The molecule has 1 aromatic rings. The Balaban J connectivity index is 2.21. The van der Waals surface area contributed by atoms with Crippen molar-refractivity contribution in [2.75, 3.05) is 36.5 Å². The Labute approximate surface area is 128 Å². The van der Waals surface area contributed by atoms with Crippen molar-refractivity contribution in [2.45, 2.75) is 20.3 Å². The number of rotatable bonds is 4. The Morgan fingerprint density at radius 3 is 2.80 bits per heavy atom. The van der Waals surface area contributed by atoms with E-state index in [0.717, 1.165) is 48.6 Å². The third-order valence-corrected chi connectivity index (χ3v) is 4.12. The highest BCUT2D eigenvalue weighted by Gasteiger charge is 2.18. The lowest BCUT2D eigenvalue weighted by atomic mass is 10.1. The van der Waals surface area contributed by atoms with Crippen molar-refractivity contribution in [3.05, 3.63) is 22.7 Å². The van der Waals surface area contributed by atoms with Gasteiger partial charge in [0.05, 0.1) is 24.6 Å². The van der Waals surface area contributed by atoms with Crippen LogP contribution in [0.1, 0.15) is 20.3 Å². The molecule has 0 aliphatic carbocycles. The zero-order valence-corrected chi connectivity index (χ0v) is 13.6. The Hall–Kier alpha value is -1.07. The Morgan fingerprint density at radius 2 is 2.15 bits per heavy atom. The highest BCUT2D eigenvalue weighted by Crippen LogP contribution is 2.30. The predicted octanol–water partition coefficient (Wildman–Crippen LogP) is 3.27. The van der Waals surface area contributed by atoms with E-state index < -0.39 is 0 Å². The van der Waals surface area contributed by atoms with Gasteiger partial charge in [-0.25, -0.2) is 0 Å². The summed E-state index contributed by atoms with van der Waals surface area (Å²) in [4.78, 5) is 14.4. The van der Waals surface area contributed by atoms with Gasteiger partial charge < -0.3 is 15.0 Å². The number of morpholine rings is 1. The number of hydrogen-bond acceptors (Lipinski definition) is 3. The number of ether oxygens (including phenoxy) is 1. The smallest absolute Gasteiger partial charge is 0.227 e. The van der Waals surface area contributed by atoms with Crippen LogP contribution in [0.25, 0.3) is 0 Å². The summed E-state index contributed by atoms with van der Waals surface area (Å²) in [5, 5.41) is 3.05. The summed E-state index contributed by atoms with van der Waals surface area (Å²) in [6.07, 6.45) is 0.840. The summed E-state index contributed by atoms with van der Waals surface area (Å²) in [6.45, 7) is 7.14. The second kappa shape index (κ2) is 7.09. The second-order valence-corrected chi connectivity index (χ2v) is 5.98. The molecule has 1 N–H and O–H groups in total. The van der Waals surface area contributed by atoms with Crippen LogP contribution in [0, 0.1) is 5.92 Å². The molecule has 0 bridgehead atoms. The van der Waals surface area contributed by atoms with Gasteiger partial charge in [-0.2, -0.15) is 0 Å². The number of carbonyl (C=O) groups is 1. The molecule has 1 unspecified atom stereocenters. The van der Waals surface area contributed by atoms with Crippen LogP contribution in [-0.2, 0) is 9.53 Å². The van der Waals surface area contributed by atoms with E-state index in [9.17, 15) is 4.79 Å². The normalized spacial score (nSPS) is 16.9. The quantitative estimate of drug-likeness (QED) is 0.914. The molecule has 1 aromatic carbocycles. The van der Waals surface area contributed by atoms with E-state index in [-0.39, 0.29) is 11.8 Å². The molecule has 1 aliphatic rings. The zero-order chi connectivity index (χ0) is 14.5. The number of benzene rings is 1. The molecule has 2 rings (SSSR count). The van der Waals surface area contributed by atoms with Gasteiger partial charge in [-0.1, -0.05) is 29.8 Å². The molecule has 4 nitrogen and oxygen atoms in total. The van der Waals surface area contributed by atoms with Crippen molar-refractivity contribution in [1.82, 2.24) is 0 Å². The highest BCUT2D eigenvalue weighted by atomic mass is 79.9. The van der Waals surface area contributed by atoms with E-state index in [4.69, 9.17) is 4.74 Å². The summed E-state index contributed by atoms with van der Waals surface area (Å²) in [6, 6.07) is 6.01. The van der Waals surface area contributed by atoms with Gasteiger partial charge in [-0.3, -0.25) is 4.79 Å². The molecule has 0 spiro atoms. The van der Waals surface area contributed by atoms with E-state index in [1.54, 1.807) is 0 Å². The summed E-state index contributed by atoms with van der Waals surface area (Å²) in [7, 11) is 0. The lowest BCUT2D eigenvalue weighted by Gasteiger charge is -2.30. The average Bonchev–Trinajstić information content (AvgIpc) is 2.47. The first-order valence-corrected chi connectivity index (χ1v) is 7.84. The topological polar surface area (TPSA) is 41.6 Å². The van der Waals surface area contributed by atoms with Gasteiger partial charge in [0, 0.05) is 23.5 Å². The van der Waals surface area contributed by atoms with E-state index in [2.05, 4.69) is 26.1 Å². The molecule has 20 heavy (non-hydrogen) atoms. The van der Waals surface area contributed by atoms with Crippen LogP contribution in [0.2, 0.25) is 0 Å². The molecular weight excluding hydrogens is 320 g/mol. The summed E-state index contributed by atoms with van der Waals surface area (Å²) < 4.78 is 6.35. The van der Waals surface area contributed by atoms with Gasteiger partial charge in [0.1, 0.15) is 0 Å². The number of anilines is 2. The van der Waals surface area contributed by atoms with Gasteiger partial charge in [0.2, 0.25) is 5.91 Å². The monoisotopic (exact) mass is 340 g/mol. The summed E-state index contributed by atoms with van der Waals surface area (Å²) in [5.41, 5.74) is 1.93. The zero-order valence-electron chi connectivity index (χ0n) is 12.0. The minimum atomic E-state index is 0.0199. The highest BCUT2D eigenvalue weighted by molar-refractivity contribution is 9.10. The van der Waals surface area contributed by atoms with E-state index in [1.165, 1.54) is 0 Å². The number of hydrogen-bond donors (Lipinski definition) is 1. The van der Waals surface area contributed by atoms with E-state index in [1.807, 2.05) is 32.0 Å². The van der Waals surface area contributed by atoms with Crippen LogP contribution in [0.4, 0.5) is 11.4 Å². The largest absolute Gasteiger partial charge is 0.378 e. The third-order valence-electron chi connectivity index (χ3n) is 3.63. The van der Waals surface area contributed by atoms with Crippen molar-refractivity contribution < 1.29 is 9.53 Å². The predicted molar refractivity (Wildman–Crippen MR) is 85.3 cm³/mol. The third kappa shape index (κ3) is 3.73. The Kier molecular flexibility index (Phi) is 5.43. The lowest BCUT2D eigenvalue weighted by Crippen LogP contribution is -2.37. The number of amides is 1. The molecule has 0 radical (unpaired) electrons. The number of nitrogens with zero attached hydrogens (tertiary/aromatic N) is 1. The molecule has 1 amide bonds. The van der Waals surface area contributed by atoms with Crippen LogP contribution < -0.4 is 10.2 Å². The maximum Gasteiger partial charge on any atom is 0.227 e. The van der Waals surface area contributed by atoms with Crippen molar-refractivity contribution in [3.8, 4) is 0 Å². The van der Waals surface area contributed by atoms with Gasteiger partial charge >= 0.3 is 0 Å². The maximum atomic E-state index is 12.1. The fourth-order valence-electron chi connectivity index (χ4n) is 2.13. The SMILES string of the molecule is CCC(C)C(=O)Nc1cc(Br)ccc1N1CCOCC1. The van der Waals surface area contributed by atoms with Crippen LogP contribution in [0.3, 0.4) is 0 Å². The molecule has 1 aliphatic heterocycles. The van der Waals surface area contributed by atoms with Crippen molar-refractivity contribution >= 4 is 33.2 Å². The molecule has 1 atom stereocenters. The molecule has 0 aromatic heterocycles. The van der Waals surface area contributed by atoms with Crippen molar-refractivity contribution in [3.63, 3.8) is 0 Å². The van der Waals surface area contributed by atoms with Crippen LogP contribution >= 0.6 is 15.9 Å². The molecular formula is C15H21BrN2O2. The molecule has 5 heteroatoms. The van der Waals surface area contributed by atoms with Crippen molar-refractivity contribution in [1.29, 1.82) is 0 Å². The van der Waals surface area contributed by atoms with E-state index in [0.29, 0.717) is 0 Å². The molecule has 0 saturated carbocycles. The molecule has 1 saturated heterocycles. The first kappa shape index (κ1) is 15.3. The van der Waals surface area contributed by atoms with Gasteiger partial charge in [-0.15, -0.1) is 0 Å². The lowest BCUT2D eigenvalue weighted by molar-refractivity contribution is -0.119. The van der Waals surface area contributed by atoms with Crippen LogP contribution in [0.15, 0.2) is 22.7 Å². The summed E-state index contributed by atoms with van der Waals surface area (Å²) >= 11 is 3.47. The van der Waals surface area contributed by atoms with Crippen LogP contribution in [0.5, 0.6) is 0 Å². The van der Waals surface area contributed by atoms with Crippen molar-refractivity contribution in [2.24, 2.45) is 5.92 Å². The standard InChI is InChI=1S/C15H21BrN2O2/c1-3-11(2)15(19)17-13-10-12(16)4-5-14(13)18-6-8-20-9-7-18/h4-5,10-11H,3,6-9H2,1-2H3,(H,17,19). The minimum Gasteiger partial charge on any atom is -0.378 e. The molecule has 1 fully saturated rings. The first-order chi connectivity index (χ1) is 9.61. The van der Waals surface area contributed by atoms with Gasteiger partial charge in [0.15, 0.2) is 0 Å². The molecule has 110 valence electrons. The number of nitrogens with one attached hydrogen (secondary N) is 1. The second-order valence-electron chi connectivity index (χ2n) is 5.06. The van der Waals surface area contributed by atoms with E-state index >= 15 is 0 Å². The first-order valence-electron chi connectivity index (χ1n) is 7.05. The average molecular weight is 341 g/mol. The Morgan fingerprint density at radius 1 is 1.45 bits per heavy atom. The minimum absolute atomic E-state index is 0.0199. The Bertz CT molecular complexity index is 473. The van der Waals surface area contributed by atoms with Crippen LogP contribution in [-0.4, -0.2) is 32.2 Å². The fourth-order valence-corrected chi connectivity index (χ4v) is 2.49. The number of carbonyl (C=O) groups excluding carboxylic acids is 1. The molecule has 1 heterocycles. The number of halogens is 1.